The summed E-state index contributed by atoms with van der Waals surface area (Å²) in [5.74, 6) is 0.0418. The third kappa shape index (κ3) is 2.88. The number of fused-ring (bicyclic) bond motifs is 2. The Morgan fingerprint density at radius 3 is 2.65 bits per heavy atom. The molecule has 4 fully saturated rings. The van der Waals surface area contributed by atoms with Gasteiger partial charge in [0.25, 0.3) is 0 Å². The normalized spacial score (nSPS) is 29.3. The molecule has 3 heterocycles. The van der Waals surface area contributed by atoms with Gasteiger partial charge in [-0.2, -0.15) is 0 Å². The molecule has 1 aliphatic carbocycles. The van der Waals surface area contributed by atoms with Crippen LogP contribution in [-0.2, 0) is 0 Å². The smallest absolute Gasteiger partial charge is 0.177 e. The van der Waals surface area contributed by atoms with E-state index in [1.54, 1.807) is 6.07 Å². The molecule has 0 aromatic heterocycles. The summed E-state index contributed by atoms with van der Waals surface area (Å²) >= 11 is 6.10. The van der Waals surface area contributed by atoms with E-state index in [2.05, 4.69) is 10.4 Å². The third-order valence-corrected chi connectivity index (χ3v) is 6.26. The van der Waals surface area contributed by atoms with Crippen molar-refractivity contribution >= 4 is 17.4 Å². The van der Waals surface area contributed by atoms with E-state index < -0.39 is 5.82 Å². The quantitative estimate of drug-likeness (QED) is 0.475. The molecule has 0 unspecified atom stereocenters. The largest absolute Gasteiger partial charge is 0.486 e. The fraction of sp³-hybridized carbons (Fsp3) is 0.632. The lowest BCUT2D eigenvalue weighted by Gasteiger charge is -2.50. The van der Waals surface area contributed by atoms with Crippen molar-refractivity contribution in [3.8, 4) is 5.75 Å². The van der Waals surface area contributed by atoms with Crippen molar-refractivity contribution in [2.75, 3.05) is 13.1 Å². The number of nitrogens with zero attached hydrogens (tertiary/aromatic N) is 2. The van der Waals surface area contributed by atoms with E-state index >= 15 is 4.39 Å². The molecule has 1 saturated carbocycles. The molecule has 3 aliphatic heterocycles. The van der Waals surface area contributed by atoms with E-state index in [-0.39, 0.29) is 39.9 Å². The van der Waals surface area contributed by atoms with Crippen LogP contribution in [0.4, 0.5) is 4.39 Å². The van der Waals surface area contributed by atoms with Gasteiger partial charge in [0.15, 0.2) is 17.4 Å². The minimum absolute atomic E-state index is 0.00262. The minimum atomic E-state index is -0.599. The maximum absolute atomic E-state index is 15.0. The molecule has 0 amide bonds. The molecule has 5 rings (SSSR count). The molecule has 4 aliphatic rings. The lowest BCUT2D eigenvalue weighted by Crippen LogP contribution is -2.59. The molecule has 26 heavy (non-hydrogen) atoms. The number of hydrogen-bond donors (Lipinski definition) is 2. The van der Waals surface area contributed by atoms with Crippen molar-refractivity contribution in [2.45, 2.75) is 57.2 Å². The van der Waals surface area contributed by atoms with Gasteiger partial charge >= 0.3 is 0 Å². The molecule has 1 spiro atoms. The number of nitrogens with one attached hydrogen (secondary N) is 1. The first-order valence-electron chi connectivity index (χ1n) is 9.34. The van der Waals surface area contributed by atoms with E-state index in [9.17, 15) is 5.21 Å². The zero-order valence-corrected chi connectivity index (χ0v) is 15.9. The van der Waals surface area contributed by atoms with Gasteiger partial charge in [-0.1, -0.05) is 11.6 Å². The van der Waals surface area contributed by atoms with Crippen molar-refractivity contribution in [1.82, 2.24) is 10.4 Å². The predicted octanol–water partition coefficient (Wildman–Crippen LogP) is 3.62. The van der Waals surface area contributed by atoms with Crippen LogP contribution < -0.4 is 10.2 Å². The van der Waals surface area contributed by atoms with Crippen LogP contribution in [0.2, 0.25) is 5.02 Å². The Kier molecular flexibility index (Phi) is 4.61. The Morgan fingerprint density at radius 1 is 1.38 bits per heavy atom. The van der Waals surface area contributed by atoms with Crippen molar-refractivity contribution in [2.24, 2.45) is 10.9 Å². The van der Waals surface area contributed by atoms with Gasteiger partial charge in [-0.15, -0.1) is 0 Å². The topological polar surface area (TPSA) is 57.1 Å². The highest BCUT2D eigenvalue weighted by atomic mass is 35.5. The van der Waals surface area contributed by atoms with Gasteiger partial charge in [-0.25, -0.2) is 4.39 Å². The maximum atomic E-state index is 15.0. The van der Waals surface area contributed by atoms with Crippen LogP contribution >= 0.6 is 11.6 Å². The summed E-state index contributed by atoms with van der Waals surface area (Å²) in [4.78, 5) is 7.34. The molecule has 5 nitrogen and oxygen atoms in total. The van der Waals surface area contributed by atoms with Crippen molar-refractivity contribution in [1.29, 1.82) is 0 Å². The number of rotatable bonds is 4. The molecule has 3 saturated heterocycles. The van der Waals surface area contributed by atoms with Crippen LogP contribution in [0.1, 0.15) is 45.1 Å². The van der Waals surface area contributed by atoms with Crippen LogP contribution in [0, 0.1) is 11.7 Å². The Morgan fingerprint density at radius 2 is 2.08 bits per heavy atom. The average Bonchev–Trinajstić information content (AvgIpc) is 3.41. The zero-order valence-electron chi connectivity index (χ0n) is 15.1. The van der Waals surface area contributed by atoms with E-state index in [1.807, 2.05) is 13.8 Å². The number of aliphatic imine (C=N–C) groups is 1. The Bertz CT molecular complexity index is 728. The van der Waals surface area contributed by atoms with E-state index in [1.165, 1.54) is 6.07 Å². The summed E-state index contributed by atoms with van der Waals surface area (Å²) in [5, 5.41) is 9.91. The first-order valence-corrected chi connectivity index (χ1v) is 9.72. The summed E-state index contributed by atoms with van der Waals surface area (Å²) in [6, 6.07) is 3.20. The number of piperidine rings is 3. The van der Waals surface area contributed by atoms with Crippen molar-refractivity contribution < 1.29 is 14.3 Å². The van der Waals surface area contributed by atoms with E-state index in [0.717, 1.165) is 38.8 Å². The number of hydroxylamine groups is 1. The van der Waals surface area contributed by atoms with Crippen LogP contribution in [0.25, 0.3) is 0 Å². The highest BCUT2D eigenvalue weighted by Crippen LogP contribution is 2.55. The van der Waals surface area contributed by atoms with Crippen molar-refractivity contribution in [3.05, 3.63) is 28.5 Å². The molecule has 1 atom stereocenters. The lowest BCUT2D eigenvalue weighted by molar-refractivity contribution is 0.0131. The fourth-order valence-corrected chi connectivity index (χ4v) is 4.80. The molecule has 142 valence electrons. The molecule has 2 bridgehead atoms. The number of hydrogen-bond acceptors (Lipinski definition) is 4. The summed E-state index contributed by atoms with van der Waals surface area (Å²) in [5.41, 5.74) is 2.42. The van der Waals surface area contributed by atoms with Crippen LogP contribution in [0.5, 0.6) is 5.75 Å². The van der Waals surface area contributed by atoms with Gasteiger partial charge in [0, 0.05) is 5.54 Å². The highest BCUT2D eigenvalue weighted by molar-refractivity contribution is 6.32. The number of ether oxygens (including phenoxy) is 1. The first-order chi connectivity index (χ1) is 12.5. The van der Waals surface area contributed by atoms with Gasteiger partial charge in [0.2, 0.25) is 0 Å². The molecule has 1 aromatic rings. The Balaban J connectivity index is 1.71. The Hall–Kier alpha value is -1.37. The molecule has 7 heteroatoms. The molecular formula is C19H25ClFN3O2. The van der Waals surface area contributed by atoms with Gasteiger partial charge in [0.1, 0.15) is 0 Å². The lowest BCUT2D eigenvalue weighted by atomic mass is 9.77. The average molecular weight is 382 g/mol. The summed E-state index contributed by atoms with van der Waals surface area (Å²) in [7, 11) is 0. The van der Waals surface area contributed by atoms with Crippen LogP contribution in [0.15, 0.2) is 17.1 Å². The van der Waals surface area contributed by atoms with Gasteiger partial charge in [-0.3, -0.25) is 20.6 Å². The van der Waals surface area contributed by atoms with Gasteiger partial charge < -0.3 is 4.74 Å². The second kappa shape index (κ2) is 6.66. The summed E-state index contributed by atoms with van der Waals surface area (Å²) < 4.78 is 20.6. The van der Waals surface area contributed by atoms with Crippen LogP contribution in [0.3, 0.4) is 0 Å². The molecular weight excluding hydrogens is 357 g/mol. The van der Waals surface area contributed by atoms with E-state index in [0.29, 0.717) is 5.92 Å². The number of benzene rings is 1. The standard InChI is InChI=1S/C19H25ClFN3O2/c1-11(2)26-16-14(20)4-3-13(15(16)21)18(23-25)22-17-12-5-9-24(10-6-12)19(17)7-8-19/h3-4,11-12,17,25H,5-10H2,1-2H3,(H,22,23)/t17-/m1/s1. The van der Waals surface area contributed by atoms with Crippen molar-refractivity contribution in [3.63, 3.8) is 0 Å². The highest BCUT2D eigenvalue weighted by Gasteiger charge is 2.60. The third-order valence-electron chi connectivity index (χ3n) is 5.96. The van der Waals surface area contributed by atoms with Gasteiger partial charge in [0.05, 0.1) is 22.7 Å². The van der Waals surface area contributed by atoms with Crippen LogP contribution in [-0.4, -0.2) is 46.7 Å². The molecule has 2 N–H and O–H groups in total. The second-order valence-corrected chi connectivity index (χ2v) is 8.27. The summed E-state index contributed by atoms with van der Waals surface area (Å²) in [6.07, 6.45) is 4.26. The number of amidine groups is 1. The molecule has 1 aromatic carbocycles. The first kappa shape index (κ1) is 18.0. The number of halogens is 2. The monoisotopic (exact) mass is 381 g/mol. The fourth-order valence-electron chi connectivity index (χ4n) is 4.61. The second-order valence-electron chi connectivity index (χ2n) is 7.87. The van der Waals surface area contributed by atoms with Gasteiger partial charge in [-0.05, 0) is 70.7 Å². The SMILES string of the molecule is CC(C)Oc1c(Cl)ccc(C(=N[C@@H]2C3CCN(CC3)C23CC3)NO)c1F. The summed E-state index contributed by atoms with van der Waals surface area (Å²) in [6.45, 7) is 5.87. The minimum Gasteiger partial charge on any atom is -0.486 e. The molecule has 0 radical (unpaired) electrons. The Labute approximate surface area is 158 Å². The van der Waals surface area contributed by atoms with E-state index in [4.69, 9.17) is 21.3 Å². The predicted molar refractivity (Wildman–Crippen MR) is 98.7 cm³/mol. The maximum Gasteiger partial charge on any atom is 0.177 e. The zero-order chi connectivity index (χ0) is 18.5.